The van der Waals surface area contributed by atoms with Gasteiger partial charge in [-0.1, -0.05) is 66.0 Å². The zero-order chi connectivity index (χ0) is 14.5. The van der Waals surface area contributed by atoms with Gasteiger partial charge in [0.15, 0.2) is 0 Å². The van der Waals surface area contributed by atoms with Crippen molar-refractivity contribution in [1.29, 1.82) is 0 Å². The molecule has 0 radical (unpaired) electrons. The molecule has 0 saturated heterocycles. The molecule has 0 heterocycles. The molecule has 0 aliphatic heterocycles. The van der Waals surface area contributed by atoms with Crippen LogP contribution in [-0.4, -0.2) is 51.7 Å². The Balaban J connectivity index is 4.11. The minimum atomic E-state index is 0.246. The molecule has 0 unspecified atom stereocenters. The highest BCUT2D eigenvalue weighted by molar-refractivity contribution is 6.35. The molecule has 0 atom stereocenters. The number of hydrogen-bond donors (Lipinski definition) is 0. The Morgan fingerprint density at radius 2 is 1.21 bits per heavy atom. The third-order valence-electron chi connectivity index (χ3n) is 4.28. The molecule has 3 heteroatoms. The van der Waals surface area contributed by atoms with Gasteiger partial charge in [-0.2, -0.15) is 0 Å². The van der Waals surface area contributed by atoms with E-state index in [-0.39, 0.29) is 9.52 Å². The van der Waals surface area contributed by atoms with Crippen LogP contribution in [-0.2, 0) is 0 Å². The topological polar surface area (TPSA) is 6.48 Å². The van der Waals surface area contributed by atoms with E-state index >= 15 is 0 Å². The smallest absolute Gasteiger partial charge is 0.0621 e. The zero-order valence-electron chi connectivity index (χ0n) is 14.2. The second kappa shape index (κ2) is 13.1. The molecule has 0 saturated carbocycles. The zero-order valence-corrected chi connectivity index (χ0v) is 15.7. The Labute approximate surface area is 124 Å². The van der Waals surface area contributed by atoms with Crippen molar-refractivity contribution in [3.8, 4) is 0 Å². The highest BCUT2D eigenvalue weighted by Gasteiger charge is 2.20. The first-order valence-electron chi connectivity index (χ1n) is 8.73. The SMILES string of the molecule is CCCC[SiH2]CCCC(N(CC)CC)N(CC)CC. The maximum Gasteiger partial charge on any atom is 0.0621 e. The summed E-state index contributed by atoms with van der Waals surface area (Å²) in [4.78, 5) is 5.28. The molecule has 2 nitrogen and oxygen atoms in total. The lowest BCUT2D eigenvalue weighted by molar-refractivity contribution is 0.0497. The molecule has 19 heavy (non-hydrogen) atoms. The molecule has 0 aromatic heterocycles. The summed E-state index contributed by atoms with van der Waals surface area (Å²) < 4.78 is 0. The lowest BCUT2D eigenvalue weighted by Crippen LogP contribution is -2.48. The standard InChI is InChI=1S/C16H38N2Si/c1-6-11-14-19-15-12-13-16(17(7-2)8-3)18(9-4)10-5/h16H,6-15,19H2,1-5H3. The Hall–Kier alpha value is 0.137. The molecular weight excluding hydrogens is 248 g/mol. The lowest BCUT2D eigenvalue weighted by atomic mass is 10.2. The third-order valence-corrected chi connectivity index (χ3v) is 6.28. The second-order valence-corrected chi connectivity index (χ2v) is 7.60. The predicted molar refractivity (Wildman–Crippen MR) is 91.9 cm³/mol. The van der Waals surface area contributed by atoms with Crippen LogP contribution in [0.25, 0.3) is 0 Å². The quantitative estimate of drug-likeness (QED) is 0.290. The molecule has 0 fully saturated rings. The molecule has 0 spiro atoms. The summed E-state index contributed by atoms with van der Waals surface area (Å²) in [7, 11) is 0.246. The molecule has 0 rings (SSSR count). The molecular formula is C16H38N2Si. The minimum Gasteiger partial charge on any atom is -0.288 e. The van der Waals surface area contributed by atoms with Crippen LogP contribution < -0.4 is 0 Å². The van der Waals surface area contributed by atoms with Crippen molar-refractivity contribution in [1.82, 2.24) is 9.80 Å². The Bertz CT molecular complexity index is 168. The van der Waals surface area contributed by atoms with Crippen LogP contribution in [0.1, 0.15) is 60.3 Å². The van der Waals surface area contributed by atoms with Crippen molar-refractivity contribution in [2.24, 2.45) is 0 Å². The monoisotopic (exact) mass is 286 g/mol. The summed E-state index contributed by atoms with van der Waals surface area (Å²) >= 11 is 0. The summed E-state index contributed by atoms with van der Waals surface area (Å²) in [6.45, 7) is 16.3. The molecule has 0 bridgehead atoms. The number of hydrogen-bond acceptors (Lipinski definition) is 2. The van der Waals surface area contributed by atoms with Gasteiger partial charge in [0, 0.05) is 9.52 Å². The van der Waals surface area contributed by atoms with Gasteiger partial charge in [0.1, 0.15) is 0 Å². The van der Waals surface area contributed by atoms with Gasteiger partial charge >= 0.3 is 0 Å². The van der Waals surface area contributed by atoms with Crippen molar-refractivity contribution in [3.63, 3.8) is 0 Å². The second-order valence-electron chi connectivity index (χ2n) is 5.48. The van der Waals surface area contributed by atoms with E-state index in [1.54, 1.807) is 12.1 Å². The van der Waals surface area contributed by atoms with Gasteiger partial charge in [-0.15, -0.1) is 0 Å². The first-order chi connectivity index (χ1) is 9.24. The van der Waals surface area contributed by atoms with Crippen LogP contribution in [0.5, 0.6) is 0 Å². The minimum absolute atomic E-state index is 0.246. The molecule has 116 valence electrons. The van der Waals surface area contributed by atoms with Gasteiger partial charge in [0.2, 0.25) is 0 Å². The van der Waals surface area contributed by atoms with Crippen LogP contribution in [0, 0.1) is 0 Å². The summed E-state index contributed by atoms with van der Waals surface area (Å²) in [5.74, 6) is 0. The normalized spacial score (nSPS) is 12.6. The highest BCUT2D eigenvalue weighted by Crippen LogP contribution is 2.14. The third kappa shape index (κ3) is 8.11. The van der Waals surface area contributed by atoms with E-state index in [0.717, 1.165) is 0 Å². The summed E-state index contributed by atoms with van der Waals surface area (Å²) in [6, 6.07) is 3.12. The van der Waals surface area contributed by atoms with Crippen LogP contribution in [0.3, 0.4) is 0 Å². The van der Waals surface area contributed by atoms with Crippen LogP contribution in [0.4, 0.5) is 0 Å². The highest BCUT2D eigenvalue weighted by atomic mass is 28.2. The molecule has 0 N–H and O–H groups in total. The van der Waals surface area contributed by atoms with E-state index in [1.165, 1.54) is 51.9 Å². The fourth-order valence-electron chi connectivity index (χ4n) is 2.99. The van der Waals surface area contributed by atoms with Gasteiger partial charge in [0.05, 0.1) is 6.17 Å². The molecule has 0 aromatic rings. The Kier molecular flexibility index (Phi) is 13.2. The van der Waals surface area contributed by atoms with E-state index in [4.69, 9.17) is 0 Å². The van der Waals surface area contributed by atoms with Gasteiger partial charge < -0.3 is 0 Å². The summed E-state index contributed by atoms with van der Waals surface area (Å²) in [5.41, 5.74) is 0. The van der Waals surface area contributed by atoms with Gasteiger partial charge in [-0.25, -0.2) is 0 Å². The van der Waals surface area contributed by atoms with E-state index < -0.39 is 0 Å². The van der Waals surface area contributed by atoms with Crippen molar-refractivity contribution >= 4 is 9.52 Å². The average Bonchev–Trinajstić information content (AvgIpc) is 2.44. The fourth-order valence-corrected chi connectivity index (χ4v) is 4.84. The van der Waals surface area contributed by atoms with Gasteiger partial charge in [-0.05, 0) is 32.6 Å². The summed E-state index contributed by atoms with van der Waals surface area (Å²) in [6.07, 6.45) is 6.37. The predicted octanol–water partition coefficient (Wildman–Crippen LogP) is 3.58. The molecule has 0 aliphatic carbocycles. The maximum atomic E-state index is 2.64. The number of nitrogens with zero attached hydrogens (tertiary/aromatic N) is 2. The number of rotatable bonds is 13. The number of unbranched alkanes of at least 4 members (excludes halogenated alkanes) is 1. The first-order valence-corrected chi connectivity index (χ1v) is 10.7. The maximum absolute atomic E-state index is 2.64. The van der Waals surface area contributed by atoms with E-state index in [2.05, 4.69) is 44.4 Å². The van der Waals surface area contributed by atoms with Gasteiger partial charge in [0.25, 0.3) is 0 Å². The van der Waals surface area contributed by atoms with Crippen LogP contribution in [0.2, 0.25) is 12.1 Å². The molecule has 0 aliphatic rings. The fraction of sp³-hybridized carbons (Fsp3) is 1.00. The van der Waals surface area contributed by atoms with Crippen molar-refractivity contribution in [2.45, 2.75) is 78.6 Å². The van der Waals surface area contributed by atoms with Crippen molar-refractivity contribution in [3.05, 3.63) is 0 Å². The van der Waals surface area contributed by atoms with Crippen LogP contribution in [0.15, 0.2) is 0 Å². The van der Waals surface area contributed by atoms with Crippen LogP contribution >= 0.6 is 0 Å². The van der Waals surface area contributed by atoms with E-state index in [9.17, 15) is 0 Å². The first kappa shape index (κ1) is 19.1. The lowest BCUT2D eigenvalue weighted by Gasteiger charge is -2.38. The van der Waals surface area contributed by atoms with Crippen molar-refractivity contribution in [2.75, 3.05) is 26.2 Å². The summed E-state index contributed by atoms with van der Waals surface area (Å²) in [5, 5.41) is 0. The van der Waals surface area contributed by atoms with E-state index in [0.29, 0.717) is 6.17 Å². The van der Waals surface area contributed by atoms with Gasteiger partial charge in [-0.3, -0.25) is 9.80 Å². The average molecular weight is 287 g/mol. The largest absolute Gasteiger partial charge is 0.288 e. The molecule has 0 amide bonds. The van der Waals surface area contributed by atoms with E-state index in [1.807, 2.05) is 0 Å². The Morgan fingerprint density at radius 3 is 1.63 bits per heavy atom. The van der Waals surface area contributed by atoms with Crippen molar-refractivity contribution < 1.29 is 0 Å². The molecule has 0 aromatic carbocycles. The Morgan fingerprint density at radius 1 is 0.737 bits per heavy atom.